The molecule has 3 N–H and O–H groups in total. The number of nitrogens with one attached hydrogen (secondary N) is 2. The lowest BCUT2D eigenvalue weighted by Crippen LogP contribution is -2.34. The molecule has 0 amide bonds. The maximum absolute atomic E-state index is 14.2. The molecular weight excluding hydrogens is 374 g/mol. The fourth-order valence-electron chi connectivity index (χ4n) is 2.31. The van der Waals surface area contributed by atoms with Gasteiger partial charge in [0, 0.05) is 11.6 Å². The first kappa shape index (κ1) is 22.4. The average Bonchev–Trinajstić information content (AvgIpc) is 2.48. The third-order valence-electron chi connectivity index (χ3n) is 3.64. The molecule has 11 heteroatoms. The van der Waals surface area contributed by atoms with Crippen molar-refractivity contribution in [2.24, 2.45) is 0 Å². The minimum Gasteiger partial charge on any atom is -0.386 e. The van der Waals surface area contributed by atoms with Gasteiger partial charge in [0.15, 0.2) is 5.82 Å². The number of aliphatic hydroxyl groups is 1. The van der Waals surface area contributed by atoms with Crippen LogP contribution in [0.2, 0.25) is 0 Å². The third kappa shape index (κ3) is 5.70. The number of aliphatic hydroxyl groups excluding tert-OH is 1. The minimum absolute atomic E-state index is 0. The van der Waals surface area contributed by atoms with Crippen LogP contribution in [-0.4, -0.2) is 44.4 Å². The Morgan fingerprint density at radius 2 is 1.65 bits per heavy atom. The normalized spacial score (nSPS) is 19.2. The first-order valence-corrected chi connectivity index (χ1v) is 8.00. The highest BCUT2D eigenvalue weighted by atomic mass is 32.1. The summed E-state index contributed by atoms with van der Waals surface area (Å²) in [6.45, 7) is 4.54. The summed E-state index contributed by atoms with van der Waals surface area (Å²) < 4.78 is 52.5. The van der Waals surface area contributed by atoms with E-state index in [2.05, 4.69) is 25.6 Å². The van der Waals surface area contributed by atoms with Crippen LogP contribution in [0.5, 0.6) is 0 Å². The molecule has 0 spiro atoms. The number of anilines is 2. The monoisotopic (exact) mass is 397 g/mol. The van der Waals surface area contributed by atoms with Crippen LogP contribution in [-0.2, 0) is 0 Å². The summed E-state index contributed by atoms with van der Waals surface area (Å²) in [4.78, 5) is 11.9. The third-order valence-corrected chi connectivity index (χ3v) is 3.64. The molecule has 1 unspecified atom stereocenters. The fraction of sp³-hybridized carbons (Fsp3) is 0.667. The second-order valence-electron chi connectivity index (χ2n) is 6.25. The van der Waals surface area contributed by atoms with Crippen LogP contribution in [0.15, 0.2) is 5.83 Å². The number of alkyl halides is 3. The van der Waals surface area contributed by atoms with E-state index in [0.29, 0.717) is 12.8 Å². The molecule has 0 fully saturated rings. The molecule has 1 aliphatic rings. The lowest BCUT2D eigenvalue weighted by molar-refractivity contribution is -0.138. The second-order valence-corrected chi connectivity index (χ2v) is 6.25. The van der Waals surface area contributed by atoms with E-state index in [9.17, 15) is 22.7 Å². The Morgan fingerprint density at radius 1 is 1.08 bits per heavy atom. The van der Waals surface area contributed by atoms with Crippen molar-refractivity contribution in [3.8, 4) is 0 Å². The van der Waals surface area contributed by atoms with Crippen molar-refractivity contribution in [3.05, 3.63) is 11.7 Å². The smallest absolute Gasteiger partial charge is 0.386 e. The molecule has 26 heavy (non-hydrogen) atoms. The molecule has 1 aromatic heterocycles. The van der Waals surface area contributed by atoms with E-state index >= 15 is 0 Å². The molecule has 0 saturated carbocycles. The van der Waals surface area contributed by atoms with Gasteiger partial charge in [-0.2, -0.15) is 41.6 Å². The summed E-state index contributed by atoms with van der Waals surface area (Å²) >= 11 is 0. The van der Waals surface area contributed by atoms with Crippen LogP contribution in [0.3, 0.4) is 0 Å². The topological polar surface area (TPSA) is 83.0 Å². The molecule has 1 aliphatic carbocycles. The summed E-state index contributed by atoms with van der Waals surface area (Å²) in [6.07, 6.45) is -4.61. The molecule has 0 aromatic carbocycles. The highest BCUT2D eigenvalue weighted by Crippen LogP contribution is 2.32. The highest BCUT2D eigenvalue weighted by molar-refractivity contribution is 7.59. The van der Waals surface area contributed by atoms with E-state index in [0.717, 1.165) is 6.92 Å². The molecule has 1 heterocycles. The molecule has 0 radical (unpaired) electrons. The maximum atomic E-state index is 14.2. The standard InChI is InChI=1S/C15H21F4N5O.H2S/c1-7(2)20-13-22-12(9-5-4-6-10(25)11(9)16)23-14(24-13)21-8(3)15(17,18)19;/h7-8,10,25H,4-6H2,1-3H3,(H2,20,21,22,23,24);1H2/t8-,10?;/m0./s1. The number of nitrogens with zero attached hydrogens (tertiary/aromatic N) is 3. The van der Waals surface area contributed by atoms with Crippen LogP contribution >= 0.6 is 13.5 Å². The molecule has 148 valence electrons. The Balaban J connectivity index is 0.00000338. The van der Waals surface area contributed by atoms with E-state index in [-0.39, 0.29) is 49.3 Å². The van der Waals surface area contributed by atoms with Crippen molar-refractivity contribution in [3.63, 3.8) is 0 Å². The molecule has 1 aromatic rings. The molecule has 2 rings (SSSR count). The Kier molecular flexibility index (Phi) is 7.63. The van der Waals surface area contributed by atoms with Gasteiger partial charge in [-0.15, -0.1) is 0 Å². The first-order valence-electron chi connectivity index (χ1n) is 8.00. The van der Waals surface area contributed by atoms with Crippen molar-refractivity contribution in [1.82, 2.24) is 15.0 Å². The number of halogens is 4. The number of aromatic nitrogens is 3. The SMILES string of the molecule is CC(C)Nc1nc(N[C@@H](C)C(F)(F)F)nc(C2=C(F)C(O)CCC2)n1.S. The van der Waals surface area contributed by atoms with Gasteiger partial charge in [0.1, 0.15) is 18.0 Å². The number of allylic oxidation sites excluding steroid dienone is 1. The summed E-state index contributed by atoms with van der Waals surface area (Å²) in [7, 11) is 0. The van der Waals surface area contributed by atoms with Crippen LogP contribution in [0, 0.1) is 0 Å². The molecule has 0 aliphatic heterocycles. The van der Waals surface area contributed by atoms with Crippen molar-refractivity contribution in [1.29, 1.82) is 0 Å². The van der Waals surface area contributed by atoms with Gasteiger partial charge in [-0.05, 0) is 40.0 Å². The van der Waals surface area contributed by atoms with E-state index < -0.39 is 24.1 Å². The Labute approximate surface area is 156 Å². The van der Waals surface area contributed by atoms with Crippen LogP contribution < -0.4 is 10.6 Å². The lowest BCUT2D eigenvalue weighted by Gasteiger charge is -2.21. The molecule has 0 bridgehead atoms. The number of hydrogen-bond donors (Lipinski definition) is 3. The predicted octanol–water partition coefficient (Wildman–Crippen LogP) is 3.39. The van der Waals surface area contributed by atoms with Crippen molar-refractivity contribution in [2.75, 3.05) is 10.6 Å². The molecular formula is C15H23F4N5OS. The fourth-order valence-corrected chi connectivity index (χ4v) is 2.31. The first-order chi connectivity index (χ1) is 11.6. The van der Waals surface area contributed by atoms with Crippen LogP contribution in [0.25, 0.3) is 5.57 Å². The van der Waals surface area contributed by atoms with Crippen LogP contribution in [0.4, 0.5) is 29.5 Å². The van der Waals surface area contributed by atoms with Crippen molar-refractivity contribution in [2.45, 2.75) is 64.4 Å². The largest absolute Gasteiger partial charge is 0.408 e. The molecule has 0 saturated heterocycles. The van der Waals surface area contributed by atoms with Gasteiger partial charge >= 0.3 is 6.18 Å². The van der Waals surface area contributed by atoms with E-state index in [1.807, 2.05) is 0 Å². The van der Waals surface area contributed by atoms with E-state index in [1.54, 1.807) is 13.8 Å². The average molecular weight is 397 g/mol. The summed E-state index contributed by atoms with van der Waals surface area (Å²) in [5.41, 5.74) is 0.0932. The Morgan fingerprint density at radius 3 is 2.19 bits per heavy atom. The summed E-state index contributed by atoms with van der Waals surface area (Å²) in [5, 5.41) is 14.7. The quantitative estimate of drug-likeness (QED) is 0.661. The van der Waals surface area contributed by atoms with Gasteiger partial charge < -0.3 is 15.7 Å². The lowest BCUT2D eigenvalue weighted by atomic mass is 9.96. The van der Waals surface area contributed by atoms with E-state index in [4.69, 9.17) is 0 Å². The maximum Gasteiger partial charge on any atom is 0.408 e. The highest BCUT2D eigenvalue weighted by Gasteiger charge is 2.36. The zero-order valence-electron chi connectivity index (χ0n) is 14.7. The zero-order chi connectivity index (χ0) is 18.8. The Hall–Kier alpha value is -1.62. The number of rotatable bonds is 5. The van der Waals surface area contributed by atoms with Gasteiger partial charge in [0.05, 0.1) is 0 Å². The van der Waals surface area contributed by atoms with Gasteiger partial charge in [-0.25, -0.2) is 4.39 Å². The predicted molar refractivity (Wildman–Crippen MR) is 96.0 cm³/mol. The summed E-state index contributed by atoms with van der Waals surface area (Å²) in [6, 6.07) is -1.97. The zero-order valence-corrected chi connectivity index (χ0v) is 15.7. The number of hydrogen-bond acceptors (Lipinski definition) is 6. The minimum atomic E-state index is -4.48. The molecule has 6 nitrogen and oxygen atoms in total. The van der Waals surface area contributed by atoms with Crippen LogP contribution in [0.1, 0.15) is 45.9 Å². The van der Waals surface area contributed by atoms with Gasteiger partial charge in [-0.3, -0.25) is 0 Å². The van der Waals surface area contributed by atoms with Gasteiger partial charge in [0.2, 0.25) is 11.9 Å². The van der Waals surface area contributed by atoms with Crippen molar-refractivity contribution >= 4 is 31.0 Å². The summed E-state index contributed by atoms with van der Waals surface area (Å²) in [5.74, 6) is -1.09. The van der Waals surface area contributed by atoms with Gasteiger partial charge in [0.25, 0.3) is 0 Å². The van der Waals surface area contributed by atoms with E-state index in [1.165, 1.54) is 0 Å². The van der Waals surface area contributed by atoms with Crippen molar-refractivity contribution < 1.29 is 22.7 Å². The Bertz CT molecular complexity index is 653. The molecule has 2 atom stereocenters. The van der Waals surface area contributed by atoms with Gasteiger partial charge in [-0.1, -0.05) is 0 Å². The second kappa shape index (κ2) is 8.85.